The Labute approximate surface area is 145 Å². The van der Waals surface area contributed by atoms with Gasteiger partial charge in [0, 0.05) is 7.11 Å². The summed E-state index contributed by atoms with van der Waals surface area (Å²) in [6, 6.07) is 4.74. The smallest absolute Gasteiger partial charge is 0.416 e. The SMILES string of the molecule is COCCOc1ccc(C(F)(F)F)cc1NC(=O)c1ccc(C(=O)O)o1. The summed E-state index contributed by atoms with van der Waals surface area (Å²) in [5.74, 6) is -3.16. The van der Waals surface area contributed by atoms with Gasteiger partial charge in [-0.25, -0.2) is 4.79 Å². The van der Waals surface area contributed by atoms with Gasteiger partial charge in [-0.05, 0) is 30.3 Å². The van der Waals surface area contributed by atoms with E-state index in [1.165, 1.54) is 7.11 Å². The summed E-state index contributed by atoms with van der Waals surface area (Å²) in [6.07, 6.45) is -4.62. The number of rotatable bonds is 7. The van der Waals surface area contributed by atoms with Gasteiger partial charge in [-0.3, -0.25) is 4.79 Å². The topological polar surface area (TPSA) is 98.0 Å². The molecule has 0 fully saturated rings. The summed E-state index contributed by atoms with van der Waals surface area (Å²) in [4.78, 5) is 22.9. The van der Waals surface area contributed by atoms with E-state index in [0.29, 0.717) is 6.07 Å². The molecule has 1 aromatic heterocycles. The number of carbonyl (C=O) groups excluding carboxylic acids is 1. The van der Waals surface area contributed by atoms with Crippen LogP contribution in [0.5, 0.6) is 5.75 Å². The van der Waals surface area contributed by atoms with Crippen LogP contribution in [0.4, 0.5) is 18.9 Å². The molecule has 0 aliphatic rings. The molecular formula is C16H14F3NO6. The molecule has 0 radical (unpaired) electrons. The highest BCUT2D eigenvalue weighted by Crippen LogP contribution is 2.35. The largest absolute Gasteiger partial charge is 0.489 e. The molecule has 0 saturated heterocycles. The van der Waals surface area contributed by atoms with Crippen molar-refractivity contribution in [2.75, 3.05) is 25.6 Å². The number of aromatic carboxylic acids is 1. The van der Waals surface area contributed by atoms with E-state index in [9.17, 15) is 22.8 Å². The molecule has 0 bridgehead atoms. The summed E-state index contributed by atoms with van der Waals surface area (Å²) in [7, 11) is 1.43. The number of carboxylic acids is 1. The molecule has 2 N–H and O–H groups in total. The Balaban J connectivity index is 2.27. The number of furan rings is 1. The third-order valence-corrected chi connectivity index (χ3v) is 3.14. The number of anilines is 1. The van der Waals surface area contributed by atoms with E-state index in [-0.39, 0.29) is 30.4 Å². The minimum absolute atomic E-state index is 0.00610. The lowest BCUT2D eigenvalue weighted by Gasteiger charge is -2.15. The number of methoxy groups -OCH3 is 1. The minimum Gasteiger partial charge on any atom is -0.489 e. The second-order valence-corrected chi connectivity index (χ2v) is 4.97. The number of carboxylic acid groups (broad SMARTS) is 1. The van der Waals surface area contributed by atoms with Crippen LogP contribution in [0.1, 0.15) is 26.7 Å². The number of amides is 1. The molecule has 0 aliphatic carbocycles. The quantitative estimate of drug-likeness (QED) is 0.723. The summed E-state index contributed by atoms with van der Waals surface area (Å²) in [6.45, 7) is 0.239. The van der Waals surface area contributed by atoms with Crippen LogP contribution in [-0.4, -0.2) is 37.3 Å². The van der Waals surface area contributed by atoms with Crippen LogP contribution in [0.3, 0.4) is 0 Å². The van der Waals surface area contributed by atoms with Crippen LogP contribution in [-0.2, 0) is 10.9 Å². The third-order valence-electron chi connectivity index (χ3n) is 3.14. The van der Waals surface area contributed by atoms with Crippen LogP contribution < -0.4 is 10.1 Å². The fourth-order valence-corrected chi connectivity index (χ4v) is 1.92. The van der Waals surface area contributed by atoms with E-state index < -0.39 is 29.4 Å². The molecule has 0 unspecified atom stereocenters. The van der Waals surface area contributed by atoms with Gasteiger partial charge in [-0.2, -0.15) is 13.2 Å². The van der Waals surface area contributed by atoms with Crippen molar-refractivity contribution in [1.29, 1.82) is 0 Å². The molecule has 0 saturated carbocycles. The van der Waals surface area contributed by atoms with Gasteiger partial charge in [-0.15, -0.1) is 0 Å². The van der Waals surface area contributed by atoms with Crippen molar-refractivity contribution in [2.45, 2.75) is 6.18 Å². The first kappa shape index (κ1) is 19.3. The van der Waals surface area contributed by atoms with Crippen LogP contribution in [0.15, 0.2) is 34.7 Å². The maximum atomic E-state index is 12.9. The molecule has 1 aromatic carbocycles. The Kier molecular flexibility index (Phi) is 5.88. The Morgan fingerprint density at radius 1 is 1.15 bits per heavy atom. The highest BCUT2D eigenvalue weighted by molar-refractivity contribution is 6.03. The van der Waals surface area contributed by atoms with E-state index >= 15 is 0 Å². The molecule has 1 amide bonds. The minimum atomic E-state index is -4.62. The number of halogens is 3. The van der Waals surface area contributed by atoms with Crippen molar-refractivity contribution in [2.24, 2.45) is 0 Å². The van der Waals surface area contributed by atoms with E-state index in [4.69, 9.17) is 19.0 Å². The zero-order valence-electron chi connectivity index (χ0n) is 13.4. The summed E-state index contributed by atoms with van der Waals surface area (Å²) in [5.41, 5.74) is -1.23. The number of hydrogen-bond acceptors (Lipinski definition) is 5. The predicted molar refractivity (Wildman–Crippen MR) is 82.4 cm³/mol. The van der Waals surface area contributed by atoms with Gasteiger partial charge in [0.2, 0.25) is 5.76 Å². The normalized spacial score (nSPS) is 11.2. The Hall–Kier alpha value is -3.01. The average Bonchev–Trinajstić information content (AvgIpc) is 3.06. The van der Waals surface area contributed by atoms with Crippen LogP contribution >= 0.6 is 0 Å². The van der Waals surface area contributed by atoms with Gasteiger partial charge >= 0.3 is 12.1 Å². The van der Waals surface area contributed by atoms with Crippen molar-refractivity contribution in [3.63, 3.8) is 0 Å². The first-order valence-electron chi connectivity index (χ1n) is 7.20. The number of benzene rings is 1. The third kappa shape index (κ3) is 4.76. The number of hydrogen-bond donors (Lipinski definition) is 2. The molecule has 1 heterocycles. The summed E-state index contributed by atoms with van der Waals surface area (Å²) >= 11 is 0. The van der Waals surface area contributed by atoms with Crippen molar-refractivity contribution < 1.29 is 41.8 Å². The molecule has 2 aromatic rings. The molecule has 7 nitrogen and oxygen atoms in total. The summed E-state index contributed by atoms with van der Waals surface area (Å²) in [5, 5.41) is 11.0. The van der Waals surface area contributed by atoms with E-state index in [0.717, 1.165) is 24.3 Å². The van der Waals surface area contributed by atoms with Gasteiger partial charge < -0.3 is 24.3 Å². The van der Waals surface area contributed by atoms with Gasteiger partial charge in [0.1, 0.15) is 12.4 Å². The fourth-order valence-electron chi connectivity index (χ4n) is 1.92. The lowest BCUT2D eigenvalue weighted by molar-refractivity contribution is -0.137. The predicted octanol–water partition coefficient (Wildman–Crippen LogP) is 3.27. The van der Waals surface area contributed by atoms with Crippen molar-refractivity contribution in [3.05, 3.63) is 47.4 Å². The van der Waals surface area contributed by atoms with Gasteiger partial charge in [0.25, 0.3) is 5.91 Å². The zero-order valence-corrected chi connectivity index (χ0v) is 13.4. The highest BCUT2D eigenvalue weighted by atomic mass is 19.4. The fraction of sp³-hybridized carbons (Fsp3) is 0.250. The van der Waals surface area contributed by atoms with Gasteiger partial charge in [0.15, 0.2) is 5.76 Å². The molecule has 26 heavy (non-hydrogen) atoms. The van der Waals surface area contributed by atoms with Crippen LogP contribution in [0, 0.1) is 0 Å². The van der Waals surface area contributed by atoms with Gasteiger partial charge in [0.05, 0.1) is 17.9 Å². The lowest BCUT2D eigenvalue weighted by atomic mass is 10.1. The second-order valence-electron chi connectivity index (χ2n) is 4.97. The van der Waals surface area contributed by atoms with E-state index in [2.05, 4.69) is 5.32 Å². The first-order chi connectivity index (χ1) is 12.2. The Morgan fingerprint density at radius 2 is 1.85 bits per heavy atom. The highest BCUT2D eigenvalue weighted by Gasteiger charge is 2.31. The summed E-state index contributed by atoms with van der Waals surface area (Å²) < 4.78 is 53.6. The van der Waals surface area contributed by atoms with Crippen molar-refractivity contribution >= 4 is 17.6 Å². The molecule has 140 valence electrons. The van der Waals surface area contributed by atoms with Crippen molar-refractivity contribution in [1.82, 2.24) is 0 Å². The monoisotopic (exact) mass is 373 g/mol. The van der Waals surface area contributed by atoms with Crippen molar-refractivity contribution in [3.8, 4) is 5.75 Å². The first-order valence-corrected chi connectivity index (χ1v) is 7.20. The standard InChI is InChI=1S/C16H14F3NO6/c1-24-6-7-25-11-3-2-9(16(17,18)19)8-10(11)20-14(21)12-4-5-13(26-12)15(22)23/h2-5,8H,6-7H2,1H3,(H,20,21)(H,22,23). The maximum absolute atomic E-state index is 12.9. The number of nitrogens with one attached hydrogen (secondary N) is 1. The zero-order chi connectivity index (χ0) is 19.3. The lowest BCUT2D eigenvalue weighted by Crippen LogP contribution is -2.15. The van der Waals surface area contributed by atoms with E-state index in [1.807, 2.05) is 0 Å². The molecule has 0 spiro atoms. The second kappa shape index (κ2) is 7.91. The van der Waals surface area contributed by atoms with Crippen LogP contribution in [0.2, 0.25) is 0 Å². The number of ether oxygens (including phenoxy) is 2. The molecular weight excluding hydrogens is 359 g/mol. The maximum Gasteiger partial charge on any atom is 0.416 e. The van der Waals surface area contributed by atoms with Gasteiger partial charge in [-0.1, -0.05) is 0 Å². The molecule has 10 heteroatoms. The average molecular weight is 373 g/mol. The Bertz CT molecular complexity index is 800. The molecule has 0 atom stereocenters. The van der Waals surface area contributed by atoms with E-state index in [1.54, 1.807) is 0 Å². The molecule has 2 rings (SSSR count). The molecule has 0 aliphatic heterocycles. The number of carbonyl (C=O) groups is 2. The van der Waals surface area contributed by atoms with Crippen LogP contribution in [0.25, 0.3) is 0 Å². The number of alkyl halides is 3. The Morgan fingerprint density at radius 3 is 2.42 bits per heavy atom.